The van der Waals surface area contributed by atoms with E-state index in [4.69, 9.17) is 0 Å². The van der Waals surface area contributed by atoms with Gasteiger partial charge in [0.15, 0.2) is 0 Å². The standard InChI is InChI=1S/C21H23N3O/c1-15-3-5-16(6-4-15)17-7-8-19-18(13-17)14-20(22-19)21(25)24-11-9-23(2)10-12-24/h3-8,13-14,22H,9-12H2,1-2H3. The molecule has 0 bridgehead atoms. The number of fused-ring (bicyclic) bond motifs is 1. The molecule has 0 aliphatic carbocycles. The van der Waals surface area contributed by atoms with Crippen molar-refractivity contribution in [2.45, 2.75) is 6.92 Å². The maximum atomic E-state index is 12.7. The maximum absolute atomic E-state index is 12.7. The second-order valence-electron chi connectivity index (χ2n) is 6.95. The van der Waals surface area contributed by atoms with E-state index in [0.29, 0.717) is 5.69 Å². The quantitative estimate of drug-likeness (QED) is 0.779. The molecule has 2 aromatic carbocycles. The van der Waals surface area contributed by atoms with Gasteiger partial charge in [0.05, 0.1) is 0 Å². The van der Waals surface area contributed by atoms with Gasteiger partial charge in [-0.05, 0) is 43.3 Å². The highest BCUT2D eigenvalue weighted by molar-refractivity contribution is 5.99. The van der Waals surface area contributed by atoms with Crippen molar-refractivity contribution < 1.29 is 4.79 Å². The van der Waals surface area contributed by atoms with Crippen LogP contribution in [-0.2, 0) is 0 Å². The lowest BCUT2D eigenvalue weighted by atomic mass is 10.0. The Labute approximate surface area is 148 Å². The van der Waals surface area contributed by atoms with Crippen molar-refractivity contribution in [3.8, 4) is 11.1 Å². The molecule has 0 radical (unpaired) electrons. The van der Waals surface area contributed by atoms with E-state index >= 15 is 0 Å². The Hall–Kier alpha value is -2.59. The molecule has 0 unspecified atom stereocenters. The summed E-state index contributed by atoms with van der Waals surface area (Å²) in [6.07, 6.45) is 0. The molecule has 128 valence electrons. The van der Waals surface area contributed by atoms with Crippen LogP contribution in [0.15, 0.2) is 48.5 Å². The van der Waals surface area contributed by atoms with E-state index in [9.17, 15) is 4.79 Å². The molecule has 0 spiro atoms. The van der Waals surface area contributed by atoms with Gasteiger partial charge in [0.1, 0.15) is 5.69 Å². The van der Waals surface area contributed by atoms with Crippen LogP contribution in [0.5, 0.6) is 0 Å². The molecule has 4 rings (SSSR count). The number of piperazine rings is 1. The number of hydrogen-bond acceptors (Lipinski definition) is 2. The van der Waals surface area contributed by atoms with E-state index in [1.165, 1.54) is 16.7 Å². The van der Waals surface area contributed by atoms with Gasteiger partial charge in [-0.2, -0.15) is 0 Å². The third-order valence-electron chi connectivity index (χ3n) is 5.03. The van der Waals surface area contributed by atoms with Crippen molar-refractivity contribution in [1.29, 1.82) is 0 Å². The van der Waals surface area contributed by atoms with Gasteiger partial charge in [-0.15, -0.1) is 0 Å². The Morgan fingerprint density at radius 3 is 2.32 bits per heavy atom. The molecular formula is C21H23N3O. The summed E-state index contributed by atoms with van der Waals surface area (Å²) < 4.78 is 0. The summed E-state index contributed by atoms with van der Waals surface area (Å²) >= 11 is 0. The molecule has 3 aromatic rings. The lowest BCUT2D eigenvalue weighted by Gasteiger charge is -2.32. The van der Waals surface area contributed by atoms with Crippen LogP contribution in [-0.4, -0.2) is 53.9 Å². The third-order valence-corrected chi connectivity index (χ3v) is 5.03. The van der Waals surface area contributed by atoms with Gasteiger partial charge in [-0.25, -0.2) is 0 Å². The maximum Gasteiger partial charge on any atom is 0.270 e. The summed E-state index contributed by atoms with van der Waals surface area (Å²) in [5, 5.41) is 1.08. The number of carbonyl (C=O) groups is 1. The Balaban J connectivity index is 1.62. The van der Waals surface area contributed by atoms with Crippen molar-refractivity contribution in [2.75, 3.05) is 33.2 Å². The molecule has 1 aliphatic rings. The largest absolute Gasteiger partial charge is 0.351 e. The van der Waals surface area contributed by atoms with Crippen molar-refractivity contribution in [3.05, 3.63) is 59.8 Å². The number of rotatable bonds is 2. The molecule has 1 aromatic heterocycles. The first-order chi connectivity index (χ1) is 12.1. The van der Waals surface area contributed by atoms with Crippen molar-refractivity contribution in [2.24, 2.45) is 0 Å². The van der Waals surface area contributed by atoms with Gasteiger partial charge in [0.25, 0.3) is 5.91 Å². The number of nitrogens with one attached hydrogen (secondary N) is 1. The molecule has 1 fully saturated rings. The number of carbonyl (C=O) groups excluding carboxylic acids is 1. The van der Waals surface area contributed by atoms with Crippen LogP contribution in [0.1, 0.15) is 16.1 Å². The van der Waals surface area contributed by atoms with E-state index in [1.54, 1.807) is 0 Å². The average molecular weight is 333 g/mol. The fourth-order valence-electron chi connectivity index (χ4n) is 3.35. The summed E-state index contributed by atoms with van der Waals surface area (Å²) in [5.74, 6) is 0.0983. The molecule has 1 amide bonds. The number of aromatic amines is 1. The molecule has 1 saturated heterocycles. The first-order valence-corrected chi connectivity index (χ1v) is 8.78. The second kappa shape index (κ2) is 6.37. The number of hydrogen-bond donors (Lipinski definition) is 1. The Kier molecular flexibility index (Phi) is 4.06. The molecule has 0 saturated carbocycles. The zero-order valence-electron chi connectivity index (χ0n) is 14.7. The zero-order chi connectivity index (χ0) is 17.4. The van der Waals surface area contributed by atoms with E-state index in [0.717, 1.165) is 37.1 Å². The number of aromatic nitrogens is 1. The number of H-pyrrole nitrogens is 1. The van der Waals surface area contributed by atoms with E-state index in [1.807, 2.05) is 11.0 Å². The minimum absolute atomic E-state index is 0.0983. The number of nitrogens with zero attached hydrogens (tertiary/aromatic N) is 2. The molecule has 25 heavy (non-hydrogen) atoms. The smallest absolute Gasteiger partial charge is 0.270 e. The second-order valence-corrected chi connectivity index (χ2v) is 6.95. The van der Waals surface area contributed by atoms with Crippen molar-refractivity contribution in [1.82, 2.24) is 14.8 Å². The number of amides is 1. The summed E-state index contributed by atoms with van der Waals surface area (Å²) in [6, 6.07) is 16.8. The highest BCUT2D eigenvalue weighted by atomic mass is 16.2. The predicted octanol–water partition coefficient (Wildman–Crippen LogP) is 3.53. The molecule has 1 N–H and O–H groups in total. The number of benzene rings is 2. The number of aryl methyl sites for hydroxylation is 1. The first-order valence-electron chi connectivity index (χ1n) is 8.78. The monoisotopic (exact) mass is 333 g/mol. The lowest BCUT2D eigenvalue weighted by Crippen LogP contribution is -2.47. The fourth-order valence-corrected chi connectivity index (χ4v) is 3.35. The molecule has 4 nitrogen and oxygen atoms in total. The van der Waals surface area contributed by atoms with E-state index in [2.05, 4.69) is 66.3 Å². The lowest BCUT2D eigenvalue weighted by molar-refractivity contribution is 0.0659. The van der Waals surface area contributed by atoms with Gasteiger partial charge < -0.3 is 14.8 Å². The average Bonchev–Trinajstić information content (AvgIpc) is 3.05. The van der Waals surface area contributed by atoms with Crippen LogP contribution >= 0.6 is 0 Å². The Morgan fingerprint density at radius 1 is 0.920 bits per heavy atom. The van der Waals surface area contributed by atoms with Crippen LogP contribution in [0.4, 0.5) is 0 Å². The van der Waals surface area contributed by atoms with Gasteiger partial charge in [0, 0.05) is 37.1 Å². The summed E-state index contributed by atoms with van der Waals surface area (Å²) in [5.41, 5.74) is 5.31. The minimum atomic E-state index is 0.0983. The van der Waals surface area contributed by atoms with Crippen molar-refractivity contribution >= 4 is 16.8 Å². The zero-order valence-corrected chi connectivity index (χ0v) is 14.7. The van der Waals surface area contributed by atoms with Crippen molar-refractivity contribution in [3.63, 3.8) is 0 Å². The first kappa shape index (κ1) is 15.9. The fraction of sp³-hybridized carbons (Fsp3) is 0.286. The van der Waals surface area contributed by atoms with E-state index < -0.39 is 0 Å². The number of likely N-dealkylation sites (N-methyl/N-ethyl adjacent to an activating group) is 1. The highest BCUT2D eigenvalue weighted by Gasteiger charge is 2.21. The SMILES string of the molecule is Cc1ccc(-c2ccc3[nH]c(C(=O)N4CCN(C)CC4)cc3c2)cc1. The van der Waals surface area contributed by atoms with E-state index in [-0.39, 0.29) is 5.91 Å². The summed E-state index contributed by atoms with van der Waals surface area (Å²) in [6.45, 7) is 5.54. The van der Waals surface area contributed by atoms with Crippen LogP contribution in [0.3, 0.4) is 0 Å². The highest BCUT2D eigenvalue weighted by Crippen LogP contribution is 2.25. The topological polar surface area (TPSA) is 39.3 Å². The molecule has 4 heteroatoms. The third kappa shape index (κ3) is 3.17. The van der Waals surface area contributed by atoms with Crippen LogP contribution in [0, 0.1) is 6.92 Å². The molecule has 1 aliphatic heterocycles. The summed E-state index contributed by atoms with van der Waals surface area (Å²) in [7, 11) is 2.09. The predicted molar refractivity (Wildman–Crippen MR) is 102 cm³/mol. The van der Waals surface area contributed by atoms with Gasteiger partial charge in [-0.1, -0.05) is 35.9 Å². The van der Waals surface area contributed by atoms with Crippen LogP contribution in [0.25, 0.3) is 22.0 Å². The molecule has 2 heterocycles. The Bertz CT molecular complexity index is 903. The Morgan fingerprint density at radius 2 is 1.60 bits per heavy atom. The summed E-state index contributed by atoms with van der Waals surface area (Å²) in [4.78, 5) is 20.2. The van der Waals surface area contributed by atoms with Crippen LogP contribution < -0.4 is 0 Å². The van der Waals surface area contributed by atoms with Gasteiger partial charge in [-0.3, -0.25) is 4.79 Å². The van der Waals surface area contributed by atoms with Crippen LogP contribution in [0.2, 0.25) is 0 Å². The minimum Gasteiger partial charge on any atom is -0.351 e. The molecule has 0 atom stereocenters. The van der Waals surface area contributed by atoms with Gasteiger partial charge >= 0.3 is 0 Å². The molecular weight excluding hydrogens is 310 g/mol. The normalized spacial score (nSPS) is 15.7. The van der Waals surface area contributed by atoms with Gasteiger partial charge in [0.2, 0.25) is 0 Å².